The molecule has 0 aliphatic carbocycles. The maximum atomic E-state index is 12.6. The van der Waals surface area contributed by atoms with Crippen LogP contribution in [-0.4, -0.2) is 17.1 Å². The predicted octanol–water partition coefficient (Wildman–Crippen LogP) is 5.56. The number of hydrogen-bond acceptors (Lipinski definition) is 3. The van der Waals surface area contributed by atoms with Crippen LogP contribution in [0.1, 0.15) is 30.1 Å². The summed E-state index contributed by atoms with van der Waals surface area (Å²) in [6, 6.07) is 10.5. The average molecular weight is 433 g/mol. The third-order valence-corrected chi connectivity index (χ3v) is 5.89. The average Bonchev–Trinajstić information content (AvgIpc) is 3.03. The van der Waals surface area contributed by atoms with E-state index >= 15 is 0 Å². The van der Waals surface area contributed by atoms with Gasteiger partial charge >= 0.3 is 0 Å². The third kappa shape index (κ3) is 4.41. The number of benzene rings is 2. The number of unbranched alkanes of at least 4 members (excludes halogenated alkanes) is 1. The molecule has 3 aromatic rings. The largest absolute Gasteiger partial charge is 0.494 e. The molecule has 4 nitrogen and oxygen atoms in total. The SMILES string of the molecule is C#CCn1c(=NC(=O)c2ccc(OCCCC)cc2)sc2ccc(Cl)c(Cl)c21. The standard InChI is InChI=1S/C21H18Cl2N2O2S/c1-3-5-13-27-15-8-6-14(7-9-15)20(26)24-21-25(12-4-2)19-17(28-21)11-10-16(22)18(19)23/h2,6-11H,3,5,12-13H2,1H3. The molecule has 2 aromatic carbocycles. The molecule has 0 aliphatic heterocycles. The van der Waals surface area contributed by atoms with Crippen LogP contribution in [0.5, 0.6) is 5.75 Å². The maximum Gasteiger partial charge on any atom is 0.279 e. The van der Waals surface area contributed by atoms with Crippen molar-refractivity contribution in [1.29, 1.82) is 0 Å². The highest BCUT2D eigenvalue weighted by Crippen LogP contribution is 2.32. The van der Waals surface area contributed by atoms with Crippen LogP contribution < -0.4 is 9.54 Å². The van der Waals surface area contributed by atoms with Gasteiger partial charge in [0, 0.05) is 5.56 Å². The van der Waals surface area contributed by atoms with E-state index in [0.29, 0.717) is 32.5 Å². The molecule has 0 radical (unpaired) electrons. The van der Waals surface area contributed by atoms with Crippen molar-refractivity contribution in [1.82, 2.24) is 4.57 Å². The number of halogens is 2. The molecular weight excluding hydrogens is 415 g/mol. The summed E-state index contributed by atoms with van der Waals surface area (Å²) in [6.45, 7) is 3.00. The molecule has 0 unspecified atom stereocenters. The lowest BCUT2D eigenvalue weighted by Gasteiger charge is -2.05. The van der Waals surface area contributed by atoms with Crippen LogP contribution in [0.15, 0.2) is 41.4 Å². The lowest BCUT2D eigenvalue weighted by Crippen LogP contribution is -2.16. The molecule has 28 heavy (non-hydrogen) atoms. The molecule has 144 valence electrons. The van der Waals surface area contributed by atoms with Crippen LogP contribution in [0, 0.1) is 12.3 Å². The van der Waals surface area contributed by atoms with Gasteiger partial charge in [0.1, 0.15) is 5.75 Å². The summed E-state index contributed by atoms with van der Waals surface area (Å²) < 4.78 is 8.21. The monoisotopic (exact) mass is 432 g/mol. The number of hydrogen-bond donors (Lipinski definition) is 0. The number of terminal acetylenes is 1. The van der Waals surface area contributed by atoms with Gasteiger partial charge in [-0.15, -0.1) is 6.42 Å². The normalized spacial score (nSPS) is 11.6. The number of carbonyl (C=O) groups is 1. The van der Waals surface area contributed by atoms with Gasteiger partial charge in [0.25, 0.3) is 5.91 Å². The van der Waals surface area contributed by atoms with E-state index in [1.54, 1.807) is 34.9 Å². The van der Waals surface area contributed by atoms with Gasteiger partial charge in [0.15, 0.2) is 4.80 Å². The maximum absolute atomic E-state index is 12.6. The van der Waals surface area contributed by atoms with E-state index in [0.717, 1.165) is 23.3 Å². The highest BCUT2D eigenvalue weighted by Gasteiger charge is 2.13. The Morgan fingerprint density at radius 3 is 2.68 bits per heavy atom. The highest BCUT2D eigenvalue weighted by molar-refractivity contribution is 7.16. The first-order valence-corrected chi connectivity index (χ1v) is 10.3. The topological polar surface area (TPSA) is 43.6 Å². The van der Waals surface area contributed by atoms with Gasteiger partial charge in [-0.2, -0.15) is 4.99 Å². The lowest BCUT2D eigenvalue weighted by molar-refractivity contribution is 0.0998. The molecule has 1 amide bonds. The first kappa shape index (κ1) is 20.5. The van der Waals surface area contributed by atoms with Crippen LogP contribution in [0.3, 0.4) is 0 Å². The van der Waals surface area contributed by atoms with E-state index in [2.05, 4.69) is 17.8 Å². The molecular formula is C21H18Cl2N2O2S. The van der Waals surface area contributed by atoms with Crippen molar-refractivity contribution in [2.75, 3.05) is 6.61 Å². The van der Waals surface area contributed by atoms with Gasteiger partial charge in [0.2, 0.25) is 0 Å². The van der Waals surface area contributed by atoms with Gasteiger partial charge in [0.05, 0.1) is 33.4 Å². The number of nitrogens with zero attached hydrogens (tertiary/aromatic N) is 2. The number of thiazole rings is 1. The van der Waals surface area contributed by atoms with Gasteiger partial charge < -0.3 is 9.30 Å². The van der Waals surface area contributed by atoms with Gasteiger partial charge in [-0.05, 0) is 42.8 Å². The Hall–Kier alpha value is -2.26. The minimum absolute atomic E-state index is 0.233. The molecule has 0 saturated heterocycles. The summed E-state index contributed by atoms with van der Waals surface area (Å²) >= 11 is 13.8. The molecule has 0 N–H and O–H groups in total. The molecule has 3 rings (SSSR count). The Bertz CT molecular complexity index is 1110. The molecule has 1 heterocycles. The Kier molecular flexibility index (Phi) is 6.79. The molecule has 0 fully saturated rings. The molecule has 0 bridgehead atoms. The number of ether oxygens (including phenoxy) is 1. The smallest absolute Gasteiger partial charge is 0.279 e. The van der Waals surface area contributed by atoms with Crippen LogP contribution in [0.4, 0.5) is 0 Å². The van der Waals surface area contributed by atoms with Crippen molar-refractivity contribution in [3.8, 4) is 18.1 Å². The molecule has 0 spiro atoms. The first-order chi connectivity index (χ1) is 13.5. The van der Waals surface area contributed by atoms with Crippen LogP contribution in [-0.2, 0) is 6.54 Å². The Morgan fingerprint density at radius 1 is 1.25 bits per heavy atom. The van der Waals surface area contributed by atoms with E-state index in [1.807, 2.05) is 6.07 Å². The fraction of sp³-hybridized carbons (Fsp3) is 0.238. The third-order valence-electron chi connectivity index (χ3n) is 4.05. The summed E-state index contributed by atoms with van der Waals surface area (Å²) in [5.41, 5.74) is 1.15. The van der Waals surface area contributed by atoms with Crippen molar-refractivity contribution in [2.45, 2.75) is 26.3 Å². The van der Waals surface area contributed by atoms with Crippen molar-refractivity contribution in [2.24, 2.45) is 4.99 Å². The van der Waals surface area contributed by atoms with Crippen molar-refractivity contribution < 1.29 is 9.53 Å². The molecule has 0 saturated carbocycles. The first-order valence-electron chi connectivity index (χ1n) is 8.78. The van der Waals surface area contributed by atoms with E-state index in [9.17, 15) is 4.79 Å². The van der Waals surface area contributed by atoms with Gasteiger partial charge in [-0.3, -0.25) is 4.79 Å². The molecule has 0 aliphatic rings. The van der Waals surface area contributed by atoms with Crippen LogP contribution >= 0.6 is 34.5 Å². The minimum Gasteiger partial charge on any atom is -0.494 e. The van der Waals surface area contributed by atoms with Crippen molar-refractivity contribution >= 4 is 50.7 Å². The lowest BCUT2D eigenvalue weighted by atomic mass is 10.2. The van der Waals surface area contributed by atoms with Crippen molar-refractivity contribution in [3.63, 3.8) is 0 Å². The van der Waals surface area contributed by atoms with E-state index in [4.69, 9.17) is 34.4 Å². The fourth-order valence-electron chi connectivity index (χ4n) is 2.61. The summed E-state index contributed by atoms with van der Waals surface area (Å²) in [7, 11) is 0. The zero-order valence-electron chi connectivity index (χ0n) is 15.2. The predicted molar refractivity (Wildman–Crippen MR) is 115 cm³/mol. The zero-order chi connectivity index (χ0) is 20.1. The highest BCUT2D eigenvalue weighted by atomic mass is 35.5. The van der Waals surface area contributed by atoms with E-state index in [1.165, 1.54) is 11.3 Å². The number of amides is 1. The van der Waals surface area contributed by atoms with Crippen LogP contribution in [0.25, 0.3) is 10.2 Å². The van der Waals surface area contributed by atoms with E-state index in [-0.39, 0.29) is 12.5 Å². The second-order valence-corrected chi connectivity index (χ2v) is 7.82. The summed E-state index contributed by atoms with van der Waals surface area (Å²) in [4.78, 5) is 17.4. The summed E-state index contributed by atoms with van der Waals surface area (Å²) in [5, 5.41) is 0.822. The number of fused-ring (bicyclic) bond motifs is 1. The quantitative estimate of drug-likeness (QED) is 0.377. The van der Waals surface area contributed by atoms with Gasteiger partial charge in [-0.25, -0.2) is 0 Å². The van der Waals surface area contributed by atoms with E-state index < -0.39 is 0 Å². The Morgan fingerprint density at radius 2 is 2.00 bits per heavy atom. The second kappa shape index (κ2) is 9.29. The fourth-order valence-corrected chi connectivity index (χ4v) is 4.12. The van der Waals surface area contributed by atoms with Gasteiger partial charge in [-0.1, -0.05) is 53.8 Å². The Labute approximate surface area is 177 Å². The minimum atomic E-state index is -0.361. The Balaban J connectivity index is 1.95. The summed E-state index contributed by atoms with van der Waals surface area (Å²) in [5.74, 6) is 2.94. The number of aromatic nitrogens is 1. The van der Waals surface area contributed by atoms with Crippen LogP contribution in [0.2, 0.25) is 10.0 Å². The summed E-state index contributed by atoms with van der Waals surface area (Å²) in [6.07, 6.45) is 7.55. The zero-order valence-corrected chi connectivity index (χ0v) is 17.6. The number of rotatable bonds is 6. The molecule has 7 heteroatoms. The molecule has 1 aromatic heterocycles. The molecule has 0 atom stereocenters. The van der Waals surface area contributed by atoms with Crippen molar-refractivity contribution in [3.05, 3.63) is 56.8 Å². The second-order valence-electron chi connectivity index (χ2n) is 6.03. The number of carbonyl (C=O) groups excluding carboxylic acids is 1.